The van der Waals surface area contributed by atoms with Crippen molar-refractivity contribution in [3.8, 4) is 0 Å². The van der Waals surface area contributed by atoms with Crippen LogP contribution in [0, 0.1) is 23.7 Å². The van der Waals surface area contributed by atoms with Crippen LogP contribution < -0.4 is 10.6 Å². The Morgan fingerprint density at radius 1 is 0.615 bits per heavy atom. The molecule has 6 atom stereocenters. The highest BCUT2D eigenvalue weighted by Gasteiger charge is 2.41. The van der Waals surface area contributed by atoms with Crippen molar-refractivity contribution in [3.63, 3.8) is 0 Å². The lowest BCUT2D eigenvalue weighted by Gasteiger charge is -2.39. The van der Waals surface area contributed by atoms with Crippen molar-refractivity contribution in [2.75, 3.05) is 26.2 Å². The van der Waals surface area contributed by atoms with Crippen LogP contribution >= 0.6 is 24.4 Å². The number of hydrogen-bond acceptors (Lipinski definition) is 2. The van der Waals surface area contributed by atoms with E-state index in [-0.39, 0.29) is 0 Å². The molecule has 4 bridgehead atoms. The molecule has 2 N–H and O–H groups in total. The lowest BCUT2D eigenvalue weighted by Crippen LogP contribution is -2.57. The Morgan fingerprint density at radius 3 is 1.35 bits per heavy atom. The van der Waals surface area contributed by atoms with E-state index < -0.39 is 0 Å². The summed E-state index contributed by atoms with van der Waals surface area (Å²) in [6, 6.07) is 1.28. The van der Waals surface area contributed by atoms with Gasteiger partial charge in [0.1, 0.15) is 0 Å². The third kappa shape index (κ3) is 3.32. The number of hydrogen-bond donors (Lipinski definition) is 2. The van der Waals surface area contributed by atoms with Crippen LogP contribution in [-0.4, -0.2) is 58.3 Å². The molecule has 0 radical (unpaired) electrons. The molecule has 1 saturated heterocycles. The molecule has 26 heavy (non-hydrogen) atoms. The minimum absolute atomic E-state index is 0.639. The van der Waals surface area contributed by atoms with Gasteiger partial charge in [0.2, 0.25) is 0 Å². The molecule has 6 heteroatoms. The summed E-state index contributed by atoms with van der Waals surface area (Å²) < 4.78 is 0. The predicted molar refractivity (Wildman–Crippen MR) is 113 cm³/mol. The Hall–Kier alpha value is -0.620. The maximum absolute atomic E-state index is 5.73. The summed E-state index contributed by atoms with van der Waals surface area (Å²) in [4.78, 5) is 4.72. The Kier molecular flexibility index (Phi) is 4.76. The smallest absolute Gasteiger partial charge is 0.169 e. The zero-order valence-electron chi connectivity index (χ0n) is 15.7. The predicted octanol–water partition coefficient (Wildman–Crippen LogP) is 2.73. The van der Waals surface area contributed by atoms with Crippen LogP contribution in [0.1, 0.15) is 51.4 Å². The molecule has 0 aromatic rings. The highest BCUT2D eigenvalue weighted by Crippen LogP contribution is 2.45. The van der Waals surface area contributed by atoms with Crippen molar-refractivity contribution in [3.05, 3.63) is 0 Å². The van der Waals surface area contributed by atoms with Gasteiger partial charge in [-0.05, 0) is 86.6 Å². The third-order valence-electron chi connectivity index (χ3n) is 7.95. The van der Waals surface area contributed by atoms with Crippen LogP contribution in [0.3, 0.4) is 0 Å². The van der Waals surface area contributed by atoms with Crippen molar-refractivity contribution in [1.29, 1.82) is 0 Å². The molecule has 4 nitrogen and oxygen atoms in total. The Balaban J connectivity index is 1.07. The molecule has 4 saturated carbocycles. The number of rotatable bonds is 2. The molecule has 0 aromatic heterocycles. The summed E-state index contributed by atoms with van der Waals surface area (Å²) in [5.74, 6) is 3.67. The van der Waals surface area contributed by atoms with E-state index in [9.17, 15) is 0 Å². The first kappa shape index (κ1) is 17.5. The quantitative estimate of drug-likeness (QED) is 0.703. The van der Waals surface area contributed by atoms with Crippen LogP contribution in [-0.2, 0) is 0 Å². The van der Waals surface area contributed by atoms with Crippen LogP contribution in [0.25, 0.3) is 0 Å². The normalized spacial score (nSPS) is 40.9. The van der Waals surface area contributed by atoms with E-state index in [2.05, 4.69) is 20.4 Å². The van der Waals surface area contributed by atoms with Gasteiger partial charge in [-0.15, -0.1) is 0 Å². The molecule has 5 rings (SSSR count). The van der Waals surface area contributed by atoms with Crippen LogP contribution in [0.15, 0.2) is 0 Å². The molecule has 5 fully saturated rings. The molecular weight excluding hydrogens is 360 g/mol. The lowest BCUT2D eigenvalue weighted by atomic mass is 9.95. The minimum atomic E-state index is 0.639. The van der Waals surface area contributed by atoms with Crippen molar-refractivity contribution in [1.82, 2.24) is 20.4 Å². The van der Waals surface area contributed by atoms with Crippen LogP contribution in [0.4, 0.5) is 0 Å². The van der Waals surface area contributed by atoms with Crippen molar-refractivity contribution in [2.45, 2.75) is 63.5 Å². The average Bonchev–Trinajstić information content (AvgIpc) is 3.43. The first-order valence-corrected chi connectivity index (χ1v) is 11.6. The molecule has 5 aliphatic rings. The zero-order valence-corrected chi connectivity index (χ0v) is 17.3. The average molecular weight is 393 g/mol. The number of thiocarbonyl (C=S) groups is 2. The van der Waals surface area contributed by atoms with E-state index in [4.69, 9.17) is 24.4 Å². The van der Waals surface area contributed by atoms with Gasteiger partial charge in [-0.3, -0.25) is 0 Å². The van der Waals surface area contributed by atoms with E-state index in [1.807, 2.05) is 0 Å². The third-order valence-corrected chi connectivity index (χ3v) is 8.70. The van der Waals surface area contributed by atoms with Gasteiger partial charge in [0.25, 0.3) is 0 Å². The van der Waals surface area contributed by atoms with Gasteiger partial charge in [-0.2, -0.15) is 0 Å². The standard InChI is InChI=1S/C20H32N4S2/c25-19(21-17-11-13-1-3-15(17)9-13)23-5-7-24(8-6-23)20(26)22-18-12-14-2-4-16(18)10-14/h13-18H,1-12H2,(H,21,25)(H,22,26). The molecule has 6 unspecified atom stereocenters. The summed E-state index contributed by atoms with van der Waals surface area (Å²) in [6.45, 7) is 3.97. The molecule has 1 aliphatic heterocycles. The molecule has 0 amide bonds. The van der Waals surface area contributed by atoms with Gasteiger partial charge in [0.15, 0.2) is 10.2 Å². The first-order chi connectivity index (χ1) is 12.7. The summed E-state index contributed by atoms with van der Waals surface area (Å²) in [5.41, 5.74) is 0. The van der Waals surface area contributed by atoms with Gasteiger partial charge >= 0.3 is 0 Å². The zero-order chi connectivity index (χ0) is 17.7. The Morgan fingerprint density at radius 2 is 1.04 bits per heavy atom. The Bertz CT molecular complexity index is 524. The number of nitrogens with zero attached hydrogens (tertiary/aromatic N) is 2. The number of fused-ring (bicyclic) bond motifs is 4. The van der Waals surface area contributed by atoms with Crippen LogP contribution in [0.5, 0.6) is 0 Å². The van der Waals surface area contributed by atoms with Gasteiger partial charge in [-0.1, -0.05) is 12.8 Å². The molecule has 0 aromatic carbocycles. The second kappa shape index (κ2) is 7.08. The largest absolute Gasteiger partial charge is 0.360 e. The van der Waals surface area contributed by atoms with E-state index in [0.717, 1.165) is 60.1 Å². The lowest BCUT2D eigenvalue weighted by molar-refractivity contribution is 0.245. The monoisotopic (exact) mass is 392 g/mol. The highest BCUT2D eigenvalue weighted by molar-refractivity contribution is 7.80. The van der Waals surface area contributed by atoms with Gasteiger partial charge in [0.05, 0.1) is 0 Å². The molecule has 0 spiro atoms. The number of nitrogens with one attached hydrogen (secondary N) is 2. The maximum Gasteiger partial charge on any atom is 0.169 e. The summed E-state index contributed by atoms with van der Waals surface area (Å²) in [7, 11) is 0. The summed E-state index contributed by atoms with van der Waals surface area (Å²) >= 11 is 11.5. The fourth-order valence-electron chi connectivity index (χ4n) is 6.46. The molecular formula is C20H32N4S2. The molecule has 4 aliphatic carbocycles. The van der Waals surface area contributed by atoms with Crippen molar-refractivity contribution >= 4 is 34.7 Å². The SMILES string of the molecule is S=C(NC1CC2CCC1C2)N1CCN(C(=S)NC2CC3CCC2C3)CC1. The first-order valence-electron chi connectivity index (χ1n) is 10.8. The van der Waals surface area contributed by atoms with Gasteiger partial charge in [-0.25, -0.2) is 0 Å². The maximum atomic E-state index is 5.73. The highest BCUT2D eigenvalue weighted by atomic mass is 32.1. The van der Waals surface area contributed by atoms with Crippen LogP contribution in [0.2, 0.25) is 0 Å². The molecule has 1 heterocycles. The van der Waals surface area contributed by atoms with Gasteiger partial charge < -0.3 is 20.4 Å². The number of piperazine rings is 1. The fraction of sp³-hybridized carbons (Fsp3) is 0.900. The summed E-state index contributed by atoms with van der Waals surface area (Å²) in [5, 5.41) is 9.34. The minimum Gasteiger partial charge on any atom is -0.360 e. The van der Waals surface area contributed by atoms with E-state index in [1.54, 1.807) is 0 Å². The summed E-state index contributed by atoms with van der Waals surface area (Å²) in [6.07, 6.45) is 11.2. The van der Waals surface area contributed by atoms with E-state index in [0.29, 0.717) is 12.1 Å². The molecule has 144 valence electrons. The second-order valence-electron chi connectivity index (χ2n) is 9.44. The Labute approximate surface area is 168 Å². The van der Waals surface area contributed by atoms with Crippen molar-refractivity contribution in [2.24, 2.45) is 23.7 Å². The van der Waals surface area contributed by atoms with E-state index >= 15 is 0 Å². The fourth-order valence-corrected chi connectivity index (χ4v) is 7.12. The topological polar surface area (TPSA) is 30.5 Å². The van der Waals surface area contributed by atoms with E-state index in [1.165, 1.54) is 51.4 Å². The van der Waals surface area contributed by atoms with Crippen molar-refractivity contribution < 1.29 is 0 Å². The second-order valence-corrected chi connectivity index (χ2v) is 10.2. The van der Waals surface area contributed by atoms with Gasteiger partial charge in [0, 0.05) is 38.3 Å².